The molecular weight excluding hydrogens is 513 g/mol. The minimum Gasteiger partial charge on any atom is -0.744 e. The molecule has 0 heterocycles. The molecule has 0 aliphatic heterocycles. The van der Waals surface area contributed by atoms with Crippen LogP contribution in [-0.2, 0) is 37.8 Å². The van der Waals surface area contributed by atoms with E-state index in [1.165, 1.54) is 12.1 Å². The SMILES string of the molecule is O=S(=O)([O-])c1cc(Br)ccc1Br.[Hg+]. The molecule has 0 unspecified atom stereocenters. The molecule has 1 aromatic carbocycles. The van der Waals surface area contributed by atoms with Gasteiger partial charge in [0, 0.05) is 8.95 Å². The first kappa shape index (κ1) is 14.0. The summed E-state index contributed by atoms with van der Waals surface area (Å²) in [7, 11) is -4.38. The molecule has 0 amide bonds. The summed E-state index contributed by atoms with van der Waals surface area (Å²) in [5.74, 6) is 0. The van der Waals surface area contributed by atoms with Crippen LogP contribution in [0.2, 0.25) is 0 Å². The average Bonchev–Trinajstić information content (AvgIpc) is 1.92. The smallest absolute Gasteiger partial charge is 0.744 e. The Kier molecular flexibility index (Phi) is 5.61. The fourth-order valence-electron chi connectivity index (χ4n) is 0.669. The van der Waals surface area contributed by atoms with Crippen LogP contribution in [0.1, 0.15) is 0 Å². The summed E-state index contributed by atoms with van der Waals surface area (Å²) in [6, 6.07) is 4.39. The molecule has 3 nitrogen and oxygen atoms in total. The molecule has 13 heavy (non-hydrogen) atoms. The van der Waals surface area contributed by atoms with Gasteiger partial charge in [-0.3, -0.25) is 0 Å². The first-order valence-corrected chi connectivity index (χ1v) is 5.81. The molecule has 1 aromatic rings. The maximum Gasteiger partial charge on any atom is 1.00 e. The topological polar surface area (TPSA) is 57.2 Å². The molecule has 0 atom stereocenters. The molecule has 67 valence electrons. The molecule has 0 saturated carbocycles. The molecule has 0 aromatic heterocycles. The monoisotopic (exact) mass is 515 g/mol. The van der Waals surface area contributed by atoms with E-state index in [9.17, 15) is 13.0 Å². The maximum atomic E-state index is 10.6. The zero-order valence-electron chi connectivity index (χ0n) is 6.33. The third-order valence-corrected chi connectivity index (χ3v) is 3.49. The third-order valence-electron chi connectivity index (χ3n) is 1.16. The molecule has 0 fully saturated rings. The molecule has 7 heteroatoms. The van der Waals surface area contributed by atoms with Crippen molar-refractivity contribution in [3.05, 3.63) is 27.1 Å². The standard InChI is InChI=1S/C6H4Br2O3S.Hg/c7-4-1-2-5(8)6(3-4)12(9,10)11;/h1-3H,(H,9,10,11);/q;+1/p-1. The maximum absolute atomic E-state index is 10.6. The number of hydrogen-bond acceptors (Lipinski definition) is 3. The zero-order chi connectivity index (χ0) is 9.35. The summed E-state index contributed by atoms with van der Waals surface area (Å²) in [6.45, 7) is 0. The second kappa shape index (κ2) is 5.20. The number of hydrogen-bond donors (Lipinski definition) is 0. The van der Waals surface area contributed by atoms with Crippen molar-refractivity contribution in [3.63, 3.8) is 0 Å². The van der Waals surface area contributed by atoms with Crippen molar-refractivity contribution in [2.45, 2.75) is 4.90 Å². The molecule has 0 aliphatic carbocycles. The van der Waals surface area contributed by atoms with Gasteiger partial charge in [0.25, 0.3) is 0 Å². The largest absolute Gasteiger partial charge is 1.00 e. The first-order valence-electron chi connectivity index (χ1n) is 2.82. The van der Waals surface area contributed by atoms with Crippen LogP contribution in [0.5, 0.6) is 0 Å². The fraction of sp³-hybridized carbons (Fsp3) is 0. The Labute approximate surface area is 113 Å². The van der Waals surface area contributed by atoms with Crippen LogP contribution >= 0.6 is 31.9 Å². The number of halogens is 2. The van der Waals surface area contributed by atoms with E-state index in [0.717, 1.165) is 0 Å². The van der Waals surface area contributed by atoms with Crippen LogP contribution < -0.4 is 0 Å². The second-order valence-corrected chi connectivity index (χ2v) is 5.15. The normalized spacial score (nSPS) is 10.7. The van der Waals surface area contributed by atoms with Crippen LogP contribution in [-0.4, -0.2) is 13.0 Å². The van der Waals surface area contributed by atoms with Gasteiger partial charge in [-0.1, -0.05) is 15.9 Å². The van der Waals surface area contributed by atoms with Gasteiger partial charge < -0.3 is 4.55 Å². The Morgan fingerprint density at radius 1 is 1.23 bits per heavy atom. The van der Waals surface area contributed by atoms with Crippen molar-refractivity contribution < 1.29 is 40.6 Å². The summed E-state index contributed by atoms with van der Waals surface area (Å²) in [4.78, 5) is -0.253. The Hall–Kier alpha value is 1.03. The second-order valence-electron chi connectivity index (χ2n) is 2.03. The van der Waals surface area contributed by atoms with Crippen LogP contribution in [0.4, 0.5) is 0 Å². The molecule has 0 aliphatic rings. The van der Waals surface area contributed by atoms with Crippen molar-refractivity contribution >= 4 is 42.0 Å². The van der Waals surface area contributed by atoms with Gasteiger partial charge in [-0.25, -0.2) is 8.42 Å². The van der Waals surface area contributed by atoms with Gasteiger partial charge in [0.1, 0.15) is 10.1 Å². The van der Waals surface area contributed by atoms with Crippen molar-refractivity contribution in [3.8, 4) is 0 Å². The van der Waals surface area contributed by atoms with Crippen LogP contribution in [0.3, 0.4) is 0 Å². The van der Waals surface area contributed by atoms with E-state index >= 15 is 0 Å². The molecule has 0 bridgehead atoms. The van der Waals surface area contributed by atoms with Gasteiger partial charge in [-0.2, -0.15) is 0 Å². The minimum atomic E-state index is -4.38. The van der Waals surface area contributed by atoms with Gasteiger partial charge >= 0.3 is 27.7 Å². The average molecular weight is 516 g/mol. The Balaban J connectivity index is 0.00000144. The summed E-state index contributed by atoms with van der Waals surface area (Å²) in [6.07, 6.45) is 0. The minimum absolute atomic E-state index is 0. The molecule has 1 rings (SSSR count). The van der Waals surface area contributed by atoms with E-state index in [1.54, 1.807) is 6.07 Å². The zero-order valence-corrected chi connectivity index (χ0v) is 15.8. The van der Waals surface area contributed by atoms with E-state index < -0.39 is 10.1 Å². The van der Waals surface area contributed by atoms with E-state index in [2.05, 4.69) is 31.9 Å². The van der Waals surface area contributed by atoms with Gasteiger partial charge in [0.05, 0.1) is 4.90 Å². The van der Waals surface area contributed by atoms with E-state index in [4.69, 9.17) is 0 Å². The van der Waals surface area contributed by atoms with E-state index in [-0.39, 0.29) is 37.0 Å². The summed E-state index contributed by atoms with van der Waals surface area (Å²) < 4.78 is 32.6. The van der Waals surface area contributed by atoms with Crippen molar-refractivity contribution in [2.24, 2.45) is 0 Å². The molecule has 0 saturated heterocycles. The van der Waals surface area contributed by atoms with Gasteiger partial charge in [0.15, 0.2) is 0 Å². The summed E-state index contributed by atoms with van der Waals surface area (Å²) in [5.41, 5.74) is 0. The van der Waals surface area contributed by atoms with Crippen LogP contribution in [0.15, 0.2) is 32.0 Å². The van der Waals surface area contributed by atoms with E-state index in [0.29, 0.717) is 4.47 Å². The summed E-state index contributed by atoms with van der Waals surface area (Å²) >= 11 is 6.03. The van der Waals surface area contributed by atoms with Crippen molar-refractivity contribution in [1.82, 2.24) is 0 Å². The van der Waals surface area contributed by atoms with Crippen molar-refractivity contribution in [1.29, 1.82) is 0 Å². The molecule has 1 radical (unpaired) electrons. The van der Waals surface area contributed by atoms with Gasteiger partial charge in [-0.15, -0.1) is 0 Å². The Morgan fingerprint density at radius 2 is 1.77 bits per heavy atom. The molecular formula is C6H3Br2HgO3S. The van der Waals surface area contributed by atoms with Crippen molar-refractivity contribution in [2.75, 3.05) is 0 Å². The van der Waals surface area contributed by atoms with Gasteiger partial charge in [0.2, 0.25) is 0 Å². The quantitative estimate of drug-likeness (QED) is 0.426. The first-order chi connectivity index (χ1) is 5.41. The number of rotatable bonds is 1. The fourth-order valence-corrected chi connectivity index (χ4v) is 2.60. The van der Waals surface area contributed by atoms with Crippen LogP contribution in [0, 0.1) is 0 Å². The van der Waals surface area contributed by atoms with E-state index in [1.807, 2.05) is 0 Å². The number of benzene rings is 1. The predicted octanol–water partition coefficient (Wildman–Crippen LogP) is 2.11. The van der Waals surface area contributed by atoms with Gasteiger partial charge in [-0.05, 0) is 34.1 Å². The molecule has 0 spiro atoms. The third kappa shape index (κ3) is 3.95. The Bertz CT molecular complexity index is 404. The van der Waals surface area contributed by atoms with Crippen LogP contribution in [0.25, 0.3) is 0 Å². The Morgan fingerprint density at radius 3 is 2.15 bits per heavy atom. The summed E-state index contributed by atoms with van der Waals surface area (Å²) in [5, 5.41) is 0. The predicted molar refractivity (Wildman–Crippen MR) is 49.8 cm³/mol. The molecule has 0 N–H and O–H groups in total.